The zero-order chi connectivity index (χ0) is 16.3. The molecule has 0 bridgehead atoms. The molecular weight excluding hydrogens is 288 g/mol. The van der Waals surface area contributed by atoms with Crippen LogP contribution in [0.1, 0.15) is 56.4 Å². The molecule has 122 valence electrons. The first-order chi connectivity index (χ1) is 11.2. The van der Waals surface area contributed by atoms with E-state index >= 15 is 0 Å². The Morgan fingerprint density at radius 1 is 1.13 bits per heavy atom. The minimum Gasteiger partial charge on any atom is -0.512 e. The summed E-state index contributed by atoms with van der Waals surface area (Å²) in [4.78, 5) is 12.7. The summed E-state index contributed by atoms with van der Waals surface area (Å²) in [7, 11) is 0. The van der Waals surface area contributed by atoms with Gasteiger partial charge in [-0.1, -0.05) is 49.2 Å². The summed E-state index contributed by atoms with van der Waals surface area (Å²) in [5, 5.41) is 10.6. The lowest BCUT2D eigenvalue weighted by atomic mass is 9.82. The number of aliphatic hydroxyl groups excluding tert-OH is 1. The van der Waals surface area contributed by atoms with Gasteiger partial charge in [0.05, 0.1) is 5.57 Å². The highest BCUT2D eigenvalue weighted by Gasteiger charge is 2.43. The van der Waals surface area contributed by atoms with E-state index in [0.717, 1.165) is 31.2 Å². The van der Waals surface area contributed by atoms with Crippen LogP contribution in [0.25, 0.3) is 0 Å². The standard InChI is InChI=1S/C20H24O3/c1-2-16(15-10-6-5-7-11-15)18-17(21)14-20(23-19(18)22)12-8-3-4-9-13-20/h2,5-7,10-11,16,21H,1,3-4,8-9,12-14H2. The number of hydrogen-bond acceptors (Lipinski definition) is 3. The largest absolute Gasteiger partial charge is 0.512 e. The monoisotopic (exact) mass is 312 g/mol. The highest BCUT2D eigenvalue weighted by Crippen LogP contribution is 2.42. The lowest BCUT2D eigenvalue weighted by molar-refractivity contribution is -0.160. The Hall–Kier alpha value is -2.03. The molecule has 23 heavy (non-hydrogen) atoms. The Balaban J connectivity index is 1.93. The van der Waals surface area contributed by atoms with Gasteiger partial charge >= 0.3 is 5.97 Å². The van der Waals surface area contributed by atoms with Crippen LogP contribution in [0.5, 0.6) is 0 Å². The summed E-state index contributed by atoms with van der Waals surface area (Å²) < 4.78 is 5.88. The van der Waals surface area contributed by atoms with Crippen molar-refractivity contribution in [1.82, 2.24) is 0 Å². The summed E-state index contributed by atoms with van der Waals surface area (Å²) in [5.41, 5.74) is 0.794. The van der Waals surface area contributed by atoms with Gasteiger partial charge in [0.25, 0.3) is 0 Å². The van der Waals surface area contributed by atoms with E-state index in [4.69, 9.17) is 4.74 Å². The number of ether oxygens (including phenoxy) is 1. The lowest BCUT2D eigenvalue weighted by Gasteiger charge is -2.37. The van der Waals surface area contributed by atoms with Crippen LogP contribution in [0, 0.1) is 0 Å². The summed E-state index contributed by atoms with van der Waals surface area (Å²) in [6.45, 7) is 3.85. The van der Waals surface area contributed by atoms with Crippen molar-refractivity contribution in [1.29, 1.82) is 0 Å². The van der Waals surface area contributed by atoms with Gasteiger partial charge in [-0.05, 0) is 31.2 Å². The SMILES string of the molecule is C=CC(C1=C(O)CC2(CCCCCC2)OC1=O)c1ccccc1. The van der Waals surface area contributed by atoms with Gasteiger partial charge in [-0.3, -0.25) is 0 Å². The Kier molecular flexibility index (Phi) is 4.56. The van der Waals surface area contributed by atoms with Crippen LogP contribution >= 0.6 is 0 Å². The maximum Gasteiger partial charge on any atom is 0.338 e. The van der Waals surface area contributed by atoms with E-state index < -0.39 is 5.60 Å². The zero-order valence-corrected chi connectivity index (χ0v) is 13.5. The molecule has 3 nitrogen and oxygen atoms in total. The van der Waals surface area contributed by atoms with Crippen LogP contribution < -0.4 is 0 Å². The molecule has 1 unspecified atom stereocenters. The van der Waals surface area contributed by atoms with Crippen molar-refractivity contribution in [3.8, 4) is 0 Å². The van der Waals surface area contributed by atoms with E-state index in [9.17, 15) is 9.90 Å². The Morgan fingerprint density at radius 3 is 2.35 bits per heavy atom. The quantitative estimate of drug-likeness (QED) is 0.643. The third kappa shape index (κ3) is 3.19. The minimum atomic E-state index is -0.496. The van der Waals surface area contributed by atoms with Gasteiger partial charge in [-0.2, -0.15) is 0 Å². The molecule has 2 aliphatic rings. The average Bonchev–Trinajstić information content (AvgIpc) is 2.77. The summed E-state index contributed by atoms with van der Waals surface area (Å²) in [6, 6.07) is 9.65. The predicted octanol–water partition coefficient (Wildman–Crippen LogP) is 4.81. The number of esters is 1. The third-order valence-electron chi connectivity index (χ3n) is 5.05. The van der Waals surface area contributed by atoms with Crippen molar-refractivity contribution in [3.05, 3.63) is 59.9 Å². The number of carbonyl (C=O) groups is 1. The molecule has 3 rings (SSSR count). The number of hydrogen-bond donors (Lipinski definition) is 1. The molecule has 0 aromatic heterocycles. The van der Waals surface area contributed by atoms with Crippen molar-refractivity contribution in [2.24, 2.45) is 0 Å². The molecule has 1 aliphatic heterocycles. The number of aliphatic hydroxyl groups is 1. The van der Waals surface area contributed by atoms with Crippen LogP contribution in [-0.2, 0) is 9.53 Å². The predicted molar refractivity (Wildman–Crippen MR) is 90.2 cm³/mol. The highest BCUT2D eigenvalue weighted by atomic mass is 16.6. The third-order valence-corrected chi connectivity index (χ3v) is 5.05. The second-order valence-electron chi connectivity index (χ2n) is 6.65. The van der Waals surface area contributed by atoms with Crippen LogP contribution in [0.2, 0.25) is 0 Å². The first-order valence-corrected chi connectivity index (χ1v) is 8.48. The first kappa shape index (κ1) is 15.9. The fraction of sp³-hybridized carbons (Fsp3) is 0.450. The van der Waals surface area contributed by atoms with Crippen LogP contribution in [0.4, 0.5) is 0 Å². The van der Waals surface area contributed by atoms with Gasteiger partial charge < -0.3 is 9.84 Å². The van der Waals surface area contributed by atoms with Gasteiger partial charge in [-0.15, -0.1) is 6.58 Å². The molecule has 0 saturated heterocycles. The minimum absolute atomic E-state index is 0.178. The zero-order valence-electron chi connectivity index (χ0n) is 13.5. The number of rotatable bonds is 3. The van der Waals surface area contributed by atoms with E-state index in [1.807, 2.05) is 30.3 Å². The second-order valence-corrected chi connectivity index (χ2v) is 6.65. The first-order valence-electron chi connectivity index (χ1n) is 8.48. The van der Waals surface area contributed by atoms with Gasteiger partial charge in [0.2, 0.25) is 0 Å². The van der Waals surface area contributed by atoms with E-state index in [0.29, 0.717) is 12.0 Å². The molecule has 0 radical (unpaired) electrons. The fourth-order valence-electron chi connectivity index (χ4n) is 3.85. The van der Waals surface area contributed by atoms with Gasteiger partial charge in [0.15, 0.2) is 0 Å². The molecule has 1 spiro atoms. The number of carbonyl (C=O) groups excluding carboxylic acids is 1. The van der Waals surface area contributed by atoms with E-state index in [1.165, 1.54) is 12.8 Å². The Morgan fingerprint density at radius 2 is 1.78 bits per heavy atom. The van der Waals surface area contributed by atoms with Gasteiger partial charge in [0.1, 0.15) is 11.4 Å². The lowest BCUT2D eigenvalue weighted by Crippen LogP contribution is -2.40. The van der Waals surface area contributed by atoms with Crippen molar-refractivity contribution >= 4 is 5.97 Å². The van der Waals surface area contributed by atoms with Crippen LogP contribution in [0.15, 0.2) is 54.3 Å². The van der Waals surface area contributed by atoms with Crippen molar-refractivity contribution in [2.75, 3.05) is 0 Å². The van der Waals surface area contributed by atoms with Crippen molar-refractivity contribution < 1.29 is 14.6 Å². The molecule has 1 heterocycles. The average molecular weight is 312 g/mol. The topological polar surface area (TPSA) is 46.5 Å². The van der Waals surface area contributed by atoms with Gasteiger partial charge in [0, 0.05) is 12.3 Å². The molecule has 1 atom stereocenters. The molecule has 1 aromatic carbocycles. The summed E-state index contributed by atoms with van der Waals surface area (Å²) in [6.07, 6.45) is 8.30. The normalized spacial score (nSPS) is 22.3. The van der Waals surface area contributed by atoms with Gasteiger partial charge in [-0.25, -0.2) is 4.79 Å². The summed E-state index contributed by atoms with van der Waals surface area (Å²) in [5.74, 6) is -0.534. The van der Waals surface area contributed by atoms with E-state index in [2.05, 4.69) is 6.58 Å². The maximum atomic E-state index is 12.7. The fourth-order valence-corrected chi connectivity index (χ4v) is 3.85. The van der Waals surface area contributed by atoms with E-state index in [-0.39, 0.29) is 17.6 Å². The van der Waals surface area contributed by atoms with Crippen molar-refractivity contribution in [2.45, 2.75) is 56.5 Å². The van der Waals surface area contributed by atoms with Crippen LogP contribution in [-0.4, -0.2) is 16.7 Å². The number of benzene rings is 1. The summed E-state index contributed by atoms with van der Waals surface area (Å²) >= 11 is 0. The highest BCUT2D eigenvalue weighted by molar-refractivity contribution is 5.92. The Labute approximate surface area is 137 Å². The van der Waals surface area contributed by atoms with Crippen molar-refractivity contribution in [3.63, 3.8) is 0 Å². The maximum absolute atomic E-state index is 12.7. The Bertz CT molecular complexity index is 607. The number of allylic oxidation sites excluding steroid dienone is 1. The molecule has 3 heteroatoms. The molecule has 1 N–H and O–H groups in total. The molecule has 1 aromatic rings. The molecule has 0 amide bonds. The molecule has 1 aliphatic carbocycles. The van der Waals surface area contributed by atoms with E-state index in [1.54, 1.807) is 6.08 Å². The molecule has 1 fully saturated rings. The molecular formula is C20H24O3. The molecule has 1 saturated carbocycles. The second kappa shape index (κ2) is 6.61. The van der Waals surface area contributed by atoms with Crippen LogP contribution in [0.3, 0.4) is 0 Å². The smallest absolute Gasteiger partial charge is 0.338 e.